The Morgan fingerprint density at radius 3 is 0.673 bits per heavy atom. The molecule has 6 aromatic rings. The van der Waals surface area contributed by atoms with Crippen molar-refractivity contribution in [1.82, 2.24) is 0 Å². The molecule has 0 heterocycles. The predicted octanol–water partition coefficient (Wildman–Crippen LogP) is 9.86. The van der Waals surface area contributed by atoms with Gasteiger partial charge in [-0.25, -0.2) is 7.26 Å². The van der Waals surface area contributed by atoms with Gasteiger partial charge in [-0.15, -0.1) is 0 Å². The summed E-state index contributed by atoms with van der Waals surface area (Å²) < 4.78 is 68.5. The largest absolute Gasteiger partial charge is 0.277 e. The van der Waals surface area contributed by atoms with E-state index in [0.29, 0.717) is 29.4 Å². The number of hydrogen-bond acceptors (Lipinski definition) is 6. The highest BCUT2D eigenvalue weighted by molar-refractivity contribution is 8.33. The minimum absolute atomic E-state index is 0.230. The quantitative estimate of drug-likeness (QED) is 0.111. The molecule has 0 unspecified atom stereocenters. The van der Waals surface area contributed by atoms with E-state index in [1.807, 2.05) is 182 Å². The van der Waals surface area contributed by atoms with E-state index in [2.05, 4.69) is 0 Å². The molecule has 0 saturated carbocycles. The third-order valence-electron chi connectivity index (χ3n) is 7.65. The molecule has 0 radical (unpaired) electrons. The zero-order chi connectivity index (χ0) is 34.2. The highest BCUT2D eigenvalue weighted by Gasteiger charge is 2.39. The Morgan fingerprint density at radius 1 is 0.306 bits per heavy atom. The van der Waals surface area contributed by atoms with Crippen LogP contribution in [0.2, 0.25) is 0 Å². The van der Waals surface area contributed by atoms with Gasteiger partial charge in [-0.2, -0.15) is 16.8 Å². The van der Waals surface area contributed by atoms with Crippen molar-refractivity contribution >= 4 is 40.9 Å². The Balaban J connectivity index is 1.32. The van der Waals surface area contributed by atoms with Gasteiger partial charge in [-0.3, -0.25) is 0 Å². The molecule has 0 amide bonds. The summed E-state index contributed by atoms with van der Waals surface area (Å²) in [5.41, 5.74) is 0. The van der Waals surface area contributed by atoms with Gasteiger partial charge < -0.3 is 0 Å². The summed E-state index contributed by atoms with van der Waals surface area (Å²) >= 11 is 0. The van der Waals surface area contributed by atoms with Crippen molar-refractivity contribution in [2.45, 2.75) is 35.8 Å². The molecule has 0 aliphatic heterocycles. The molecule has 0 bridgehead atoms. The van der Waals surface area contributed by atoms with Crippen LogP contribution in [0.4, 0.5) is 0 Å². The molecular formula is C39H36O6S4. The van der Waals surface area contributed by atoms with Gasteiger partial charge in [0.25, 0.3) is 20.2 Å². The fourth-order valence-corrected chi connectivity index (χ4v) is 16.5. The van der Waals surface area contributed by atoms with Crippen LogP contribution >= 0.6 is 20.6 Å². The highest BCUT2D eigenvalue weighted by Crippen LogP contribution is 2.71. The van der Waals surface area contributed by atoms with Gasteiger partial charge in [-0.1, -0.05) is 109 Å². The number of hydrogen-bond donors (Lipinski definition) is 0. The van der Waals surface area contributed by atoms with Crippen molar-refractivity contribution in [1.29, 1.82) is 0 Å². The molecule has 6 aromatic carbocycles. The molecule has 0 aliphatic rings. The molecule has 0 atom stereocenters. The third kappa shape index (κ3) is 7.70. The molecular weight excluding hydrogens is 693 g/mol. The average Bonchev–Trinajstić information content (AvgIpc) is 3.15. The first-order chi connectivity index (χ1) is 23.8. The normalized spacial score (nSPS) is 13.1. The first kappa shape index (κ1) is 34.7. The average molecular weight is 729 g/mol. The van der Waals surface area contributed by atoms with Crippen molar-refractivity contribution in [2.75, 3.05) is 11.5 Å². The van der Waals surface area contributed by atoms with E-state index in [-0.39, 0.29) is 6.42 Å². The molecule has 49 heavy (non-hydrogen) atoms. The molecule has 0 N–H and O–H groups in total. The van der Waals surface area contributed by atoms with Gasteiger partial charge in [0.05, 0.1) is 11.5 Å². The van der Waals surface area contributed by atoms with Gasteiger partial charge in [0, 0.05) is 29.4 Å². The van der Waals surface area contributed by atoms with Crippen molar-refractivity contribution in [3.63, 3.8) is 0 Å². The zero-order valence-corrected chi connectivity index (χ0v) is 29.8. The molecule has 0 saturated heterocycles. The van der Waals surface area contributed by atoms with Crippen LogP contribution < -0.4 is 0 Å². The van der Waals surface area contributed by atoms with Gasteiger partial charge >= 0.3 is 0 Å². The molecule has 0 fully saturated rings. The van der Waals surface area contributed by atoms with Crippen LogP contribution in [0.1, 0.15) is 6.42 Å². The molecule has 10 heteroatoms. The molecule has 0 spiro atoms. The molecule has 6 rings (SSSR count). The lowest BCUT2D eigenvalue weighted by Crippen LogP contribution is -2.21. The second-order valence-electron chi connectivity index (χ2n) is 11.0. The summed E-state index contributed by atoms with van der Waals surface area (Å²) in [5, 5.41) is 0. The summed E-state index contributed by atoms with van der Waals surface area (Å²) in [6, 6.07) is 55.8. The van der Waals surface area contributed by atoms with Gasteiger partial charge in [0.1, 0.15) is 0 Å². The maximum Gasteiger partial charge on any atom is 0.277 e. The maximum absolute atomic E-state index is 14.0. The third-order valence-corrected chi connectivity index (χ3v) is 18.1. The monoisotopic (exact) mass is 728 g/mol. The van der Waals surface area contributed by atoms with E-state index in [0.717, 1.165) is 0 Å². The van der Waals surface area contributed by atoms with Crippen LogP contribution in [0.15, 0.2) is 211 Å². The van der Waals surface area contributed by atoms with Crippen LogP contribution in [0.3, 0.4) is 0 Å². The maximum atomic E-state index is 14.0. The summed E-state index contributed by atoms with van der Waals surface area (Å²) in [5.74, 6) is -1.05. The van der Waals surface area contributed by atoms with Gasteiger partial charge in [-0.05, 0) is 99.8 Å². The topological polar surface area (TPSA) is 86.7 Å². The standard InChI is InChI=1S/C39H36O6S4/c40-46(41,44-48(34-20-7-1-8-21-34,35-22-9-2-10-23-35)36-24-11-3-12-25-36)32-19-33-47(42,43)45-49(37-26-13-4-14-27-37,38-28-15-5-16-29-38)39-30-17-6-18-31-39/h1-18,20-31H,19,32-33H2. The van der Waals surface area contributed by atoms with E-state index in [9.17, 15) is 16.8 Å². The van der Waals surface area contributed by atoms with Crippen molar-refractivity contribution in [3.05, 3.63) is 182 Å². The highest BCUT2D eigenvalue weighted by atomic mass is 32.3. The smallest absolute Gasteiger partial charge is 0.207 e. The van der Waals surface area contributed by atoms with E-state index in [1.54, 1.807) is 0 Å². The number of rotatable bonds is 14. The minimum atomic E-state index is -4.28. The second kappa shape index (κ2) is 15.2. The fraction of sp³-hybridized carbons (Fsp3) is 0.0769. The Labute approximate surface area is 292 Å². The summed E-state index contributed by atoms with van der Waals surface area (Å²) in [6.45, 7) is 0. The summed E-state index contributed by atoms with van der Waals surface area (Å²) in [6.07, 6.45) is -0.230. The molecule has 0 aliphatic carbocycles. The van der Waals surface area contributed by atoms with Crippen LogP contribution in [0.25, 0.3) is 0 Å². The first-order valence-corrected chi connectivity index (χ1v) is 21.9. The first-order valence-electron chi connectivity index (χ1n) is 15.6. The lowest BCUT2D eigenvalue weighted by molar-refractivity contribution is 0.501. The van der Waals surface area contributed by atoms with Crippen LogP contribution in [-0.2, 0) is 27.5 Å². The van der Waals surface area contributed by atoms with E-state index < -0.39 is 52.4 Å². The van der Waals surface area contributed by atoms with E-state index in [1.165, 1.54) is 0 Å². The summed E-state index contributed by atoms with van der Waals surface area (Å²) in [4.78, 5) is 4.22. The van der Waals surface area contributed by atoms with Crippen LogP contribution in [0, 0.1) is 0 Å². The zero-order valence-electron chi connectivity index (χ0n) is 26.5. The molecule has 6 nitrogen and oxygen atoms in total. The fourth-order valence-electron chi connectivity index (χ4n) is 5.52. The molecule has 0 aromatic heterocycles. The Hall–Kier alpha value is -4.16. The van der Waals surface area contributed by atoms with Crippen LogP contribution in [0.5, 0.6) is 0 Å². The van der Waals surface area contributed by atoms with E-state index >= 15 is 0 Å². The Morgan fingerprint density at radius 2 is 0.490 bits per heavy atom. The van der Waals surface area contributed by atoms with Crippen molar-refractivity contribution < 1.29 is 24.1 Å². The van der Waals surface area contributed by atoms with Crippen LogP contribution in [-0.4, -0.2) is 28.3 Å². The summed E-state index contributed by atoms with van der Waals surface area (Å²) in [7, 11) is -14.1. The Bertz CT molecular complexity index is 1800. The predicted molar refractivity (Wildman–Crippen MR) is 198 cm³/mol. The SMILES string of the molecule is O=S(=O)(CCCS(=O)(=O)OS(c1ccccc1)(c1ccccc1)c1ccccc1)OS(c1ccccc1)(c1ccccc1)c1ccccc1. The van der Waals surface area contributed by atoms with Gasteiger partial charge in [0.15, 0.2) is 0 Å². The second-order valence-corrected chi connectivity index (χ2v) is 20.2. The van der Waals surface area contributed by atoms with Crippen molar-refractivity contribution in [2.24, 2.45) is 0 Å². The molecule has 252 valence electrons. The van der Waals surface area contributed by atoms with Crippen molar-refractivity contribution in [3.8, 4) is 0 Å². The lowest BCUT2D eigenvalue weighted by Gasteiger charge is -2.39. The number of benzene rings is 6. The lowest BCUT2D eigenvalue weighted by atomic mass is 10.4. The van der Waals surface area contributed by atoms with Gasteiger partial charge in [0.2, 0.25) is 0 Å². The van der Waals surface area contributed by atoms with E-state index in [4.69, 9.17) is 7.26 Å². The Kier molecular flexibility index (Phi) is 10.7. The minimum Gasteiger partial charge on any atom is -0.207 e.